The van der Waals surface area contributed by atoms with Crippen molar-refractivity contribution in [3.8, 4) is 22.3 Å². The van der Waals surface area contributed by atoms with Crippen LogP contribution in [0.1, 0.15) is 41.8 Å². The molecular formula is C30H31FN4O. The Bertz CT molecular complexity index is 1400. The summed E-state index contributed by atoms with van der Waals surface area (Å²) in [6.07, 6.45) is 1.95. The van der Waals surface area contributed by atoms with Gasteiger partial charge in [-0.05, 0) is 59.1 Å². The highest BCUT2D eigenvalue weighted by Crippen LogP contribution is 2.60. The number of benzene rings is 2. The van der Waals surface area contributed by atoms with Crippen LogP contribution in [-0.4, -0.2) is 35.4 Å². The molecule has 36 heavy (non-hydrogen) atoms. The third-order valence-electron chi connectivity index (χ3n) is 8.34. The monoisotopic (exact) mass is 482 g/mol. The maximum absolute atomic E-state index is 15.0. The van der Waals surface area contributed by atoms with Crippen LogP contribution in [-0.2, 0) is 11.8 Å². The van der Waals surface area contributed by atoms with Crippen LogP contribution < -0.4 is 11.1 Å². The number of hydrogen-bond acceptors (Lipinski definition) is 4. The average Bonchev–Trinajstić information content (AvgIpc) is 3.44. The van der Waals surface area contributed by atoms with E-state index in [2.05, 4.69) is 47.8 Å². The third kappa shape index (κ3) is 3.58. The molecule has 2 aromatic carbocycles. The molecular weight excluding hydrogens is 451 g/mol. The smallest absolute Gasteiger partial charge is 0.251 e. The van der Waals surface area contributed by atoms with Crippen LogP contribution in [0.15, 0.2) is 60.8 Å². The average molecular weight is 483 g/mol. The van der Waals surface area contributed by atoms with Crippen LogP contribution in [0.5, 0.6) is 0 Å². The molecule has 3 aromatic rings. The lowest BCUT2D eigenvalue weighted by molar-refractivity contribution is 0.0946. The normalized spacial score (nSPS) is 22.3. The quantitative estimate of drug-likeness (QED) is 0.493. The Morgan fingerprint density at radius 1 is 1.14 bits per heavy atom. The van der Waals surface area contributed by atoms with Crippen molar-refractivity contribution in [2.45, 2.75) is 32.1 Å². The molecule has 0 spiro atoms. The molecule has 1 amide bonds. The number of halogens is 1. The molecule has 0 bridgehead atoms. The molecule has 6 heteroatoms. The van der Waals surface area contributed by atoms with Gasteiger partial charge in [-0.25, -0.2) is 4.98 Å². The molecule has 1 aliphatic carbocycles. The van der Waals surface area contributed by atoms with Crippen molar-refractivity contribution in [3.05, 3.63) is 83.4 Å². The number of piperidine rings is 1. The minimum Gasteiger partial charge on any atom is -0.383 e. The van der Waals surface area contributed by atoms with E-state index in [4.69, 9.17) is 5.73 Å². The summed E-state index contributed by atoms with van der Waals surface area (Å²) in [6, 6.07) is 15.7. The van der Waals surface area contributed by atoms with Gasteiger partial charge in [0.15, 0.2) is 0 Å². The van der Waals surface area contributed by atoms with Gasteiger partial charge in [0.25, 0.3) is 5.91 Å². The fourth-order valence-electron chi connectivity index (χ4n) is 6.03. The van der Waals surface area contributed by atoms with Crippen LogP contribution in [0.3, 0.4) is 0 Å². The fourth-order valence-corrected chi connectivity index (χ4v) is 6.03. The van der Waals surface area contributed by atoms with E-state index in [1.807, 2.05) is 24.3 Å². The van der Waals surface area contributed by atoms with E-state index in [-0.39, 0.29) is 17.1 Å². The van der Waals surface area contributed by atoms with Crippen molar-refractivity contribution in [2.75, 3.05) is 25.4 Å². The molecule has 3 heterocycles. The van der Waals surface area contributed by atoms with Gasteiger partial charge in [0.05, 0.1) is 0 Å². The van der Waals surface area contributed by atoms with E-state index in [1.54, 1.807) is 12.1 Å². The van der Waals surface area contributed by atoms with Gasteiger partial charge in [0.1, 0.15) is 5.82 Å². The summed E-state index contributed by atoms with van der Waals surface area (Å²) in [6.45, 7) is 11.4. The number of amides is 1. The number of carbonyl (C=O) groups is 1. The van der Waals surface area contributed by atoms with Gasteiger partial charge in [-0.1, -0.05) is 56.8 Å². The number of fused-ring (bicyclic) bond motifs is 2. The number of rotatable bonds is 5. The topological polar surface area (TPSA) is 71.2 Å². The number of nitrogens with two attached hydrogens (primary N) is 1. The molecule has 2 atom stereocenters. The van der Waals surface area contributed by atoms with Gasteiger partial charge >= 0.3 is 0 Å². The van der Waals surface area contributed by atoms with Crippen LogP contribution in [0.2, 0.25) is 0 Å². The Labute approximate surface area is 211 Å². The van der Waals surface area contributed by atoms with Gasteiger partial charge in [-0.2, -0.15) is 4.39 Å². The number of nitrogens with one attached hydrogen (secondary N) is 1. The summed E-state index contributed by atoms with van der Waals surface area (Å²) in [4.78, 5) is 18.6. The summed E-state index contributed by atoms with van der Waals surface area (Å²) in [7, 11) is 0. The van der Waals surface area contributed by atoms with E-state index >= 15 is 0 Å². The number of nitrogens with zero attached hydrogens (tertiary/aromatic N) is 2. The zero-order valence-electron chi connectivity index (χ0n) is 20.8. The van der Waals surface area contributed by atoms with E-state index in [9.17, 15) is 9.18 Å². The first kappa shape index (κ1) is 22.8. The van der Waals surface area contributed by atoms with Gasteiger partial charge in [0.2, 0.25) is 5.95 Å². The molecule has 2 aliphatic heterocycles. The van der Waals surface area contributed by atoms with E-state index in [0.717, 1.165) is 36.2 Å². The standard InChI is InChI=1S/C30H31FN4O/c1-17(2)18(3)35-15-23-14-30(23,16-35)22-7-4-19(5-8-22)25-13-26(28(32)34-27(25)31)20-6-9-24-21(12-20)10-11-33-29(24)36/h4-9,12-13,17,23H,3,10-11,14-16H2,1-2H3,(H2,32,34)(H,33,36)/t23-,30?/m1/s1. The molecule has 2 fully saturated rings. The highest BCUT2D eigenvalue weighted by atomic mass is 19.1. The predicted molar refractivity (Wildman–Crippen MR) is 141 cm³/mol. The van der Waals surface area contributed by atoms with Crippen LogP contribution in [0, 0.1) is 17.8 Å². The van der Waals surface area contributed by atoms with Crippen LogP contribution in [0.4, 0.5) is 10.2 Å². The van der Waals surface area contributed by atoms with E-state index < -0.39 is 5.95 Å². The molecule has 184 valence electrons. The SMILES string of the molecule is C=C(C(C)C)N1C[C@H]2CC2(c2ccc(-c3cc(-c4ccc5c(c4)CCNC5=O)c(N)nc3F)cc2)C1. The first-order chi connectivity index (χ1) is 17.3. The lowest BCUT2D eigenvalue weighted by Gasteiger charge is -2.27. The highest BCUT2D eigenvalue weighted by molar-refractivity contribution is 5.97. The number of aromatic nitrogens is 1. The number of nitrogen functional groups attached to an aromatic ring is 1. The lowest BCUT2D eigenvalue weighted by atomic mass is 9.91. The second kappa shape index (κ2) is 8.19. The van der Waals surface area contributed by atoms with E-state index in [1.165, 1.54) is 17.7 Å². The van der Waals surface area contributed by atoms with Crippen molar-refractivity contribution in [2.24, 2.45) is 11.8 Å². The highest BCUT2D eigenvalue weighted by Gasteiger charge is 2.60. The fraction of sp³-hybridized carbons (Fsp3) is 0.333. The molecule has 1 saturated carbocycles. The third-order valence-corrected chi connectivity index (χ3v) is 8.34. The lowest BCUT2D eigenvalue weighted by Crippen LogP contribution is -2.31. The van der Waals surface area contributed by atoms with Gasteiger partial charge in [-0.15, -0.1) is 0 Å². The molecule has 5 nitrogen and oxygen atoms in total. The molecule has 3 N–H and O–H groups in total. The van der Waals surface area contributed by atoms with Gasteiger partial charge in [-0.3, -0.25) is 4.79 Å². The molecule has 1 saturated heterocycles. The zero-order chi connectivity index (χ0) is 25.2. The Morgan fingerprint density at radius 2 is 1.89 bits per heavy atom. The second-order valence-electron chi connectivity index (χ2n) is 10.8. The first-order valence-corrected chi connectivity index (χ1v) is 12.7. The van der Waals surface area contributed by atoms with Crippen molar-refractivity contribution in [1.82, 2.24) is 15.2 Å². The molecule has 1 unspecified atom stereocenters. The maximum atomic E-state index is 15.0. The summed E-state index contributed by atoms with van der Waals surface area (Å²) < 4.78 is 15.0. The van der Waals surface area contributed by atoms with Crippen LogP contribution >= 0.6 is 0 Å². The Hall–Kier alpha value is -3.67. The van der Waals surface area contributed by atoms with E-state index in [0.29, 0.717) is 35.1 Å². The summed E-state index contributed by atoms with van der Waals surface area (Å²) in [5.41, 5.74) is 13.2. The Balaban J connectivity index is 1.30. The molecule has 3 aliphatic rings. The number of allylic oxidation sites excluding steroid dienone is 1. The Morgan fingerprint density at radius 3 is 2.64 bits per heavy atom. The van der Waals surface area contributed by atoms with Gasteiger partial charge in [0, 0.05) is 47.4 Å². The molecule has 0 radical (unpaired) electrons. The minimum absolute atomic E-state index is 0.0648. The number of pyridine rings is 1. The van der Waals surface area contributed by atoms with Crippen molar-refractivity contribution < 1.29 is 9.18 Å². The number of carbonyl (C=O) groups excluding carboxylic acids is 1. The zero-order valence-corrected chi connectivity index (χ0v) is 20.8. The van der Waals surface area contributed by atoms with Gasteiger partial charge < -0.3 is 16.0 Å². The summed E-state index contributed by atoms with van der Waals surface area (Å²) in [5.74, 6) is 0.606. The first-order valence-electron chi connectivity index (χ1n) is 12.7. The molecule has 1 aromatic heterocycles. The van der Waals surface area contributed by atoms with Crippen molar-refractivity contribution in [3.63, 3.8) is 0 Å². The Kier molecular flexibility index (Phi) is 5.18. The predicted octanol–water partition coefficient (Wildman–Crippen LogP) is 5.17. The number of hydrogen-bond donors (Lipinski definition) is 2. The van der Waals surface area contributed by atoms with Crippen molar-refractivity contribution in [1.29, 1.82) is 0 Å². The number of likely N-dealkylation sites (tertiary alicyclic amines) is 1. The number of anilines is 1. The summed E-state index contributed by atoms with van der Waals surface area (Å²) in [5, 5.41) is 2.86. The minimum atomic E-state index is -0.580. The maximum Gasteiger partial charge on any atom is 0.251 e. The summed E-state index contributed by atoms with van der Waals surface area (Å²) >= 11 is 0. The largest absolute Gasteiger partial charge is 0.383 e. The van der Waals surface area contributed by atoms with Crippen molar-refractivity contribution >= 4 is 11.7 Å². The molecule has 6 rings (SSSR count). The second-order valence-corrected chi connectivity index (χ2v) is 10.8. The van der Waals surface area contributed by atoms with Crippen LogP contribution in [0.25, 0.3) is 22.3 Å².